The van der Waals surface area contributed by atoms with Gasteiger partial charge in [0.15, 0.2) is 0 Å². The van der Waals surface area contributed by atoms with Gasteiger partial charge in [-0.1, -0.05) is 0 Å². The van der Waals surface area contributed by atoms with E-state index in [0.717, 1.165) is 5.39 Å². The molecule has 3 aromatic heterocycles. The summed E-state index contributed by atoms with van der Waals surface area (Å²) in [6.45, 7) is 0.0704. The molecule has 9 heteroatoms. The Morgan fingerprint density at radius 3 is 2.52 bits per heavy atom. The topological polar surface area (TPSA) is 87.7 Å². The van der Waals surface area contributed by atoms with Gasteiger partial charge in [0.05, 0.1) is 23.6 Å². The van der Waals surface area contributed by atoms with Gasteiger partial charge in [-0.2, -0.15) is 5.26 Å². The number of alkyl halides is 2. The van der Waals surface area contributed by atoms with Crippen molar-refractivity contribution < 1.29 is 13.6 Å². The zero-order valence-corrected chi connectivity index (χ0v) is 14.1. The summed E-state index contributed by atoms with van der Waals surface area (Å²) in [5.74, 6) is -2.92. The molecule has 1 aliphatic heterocycles. The average molecular weight is 368 g/mol. The fourth-order valence-electron chi connectivity index (χ4n) is 3.07. The van der Waals surface area contributed by atoms with Crippen molar-refractivity contribution in [3.8, 4) is 11.8 Å². The fraction of sp³-hybridized carbons (Fsp3) is 0.278. The third-order valence-corrected chi connectivity index (χ3v) is 4.57. The van der Waals surface area contributed by atoms with Gasteiger partial charge in [0, 0.05) is 43.7 Å². The van der Waals surface area contributed by atoms with Crippen LogP contribution in [0.25, 0.3) is 16.7 Å². The minimum Gasteiger partial charge on any atom is -0.338 e. The predicted molar refractivity (Wildman–Crippen MR) is 91.5 cm³/mol. The Labute approximate surface area is 152 Å². The van der Waals surface area contributed by atoms with Crippen LogP contribution in [0.15, 0.2) is 36.9 Å². The molecule has 0 aromatic carbocycles. The molecule has 1 saturated heterocycles. The summed E-state index contributed by atoms with van der Waals surface area (Å²) in [7, 11) is 0. The molecular weight excluding hydrogens is 354 g/mol. The number of carbonyl (C=O) groups is 1. The first-order valence-corrected chi connectivity index (χ1v) is 8.34. The van der Waals surface area contributed by atoms with Crippen molar-refractivity contribution in [3.63, 3.8) is 0 Å². The SMILES string of the molecule is N#Cc1ncc(-n2ccc3cc(C(=O)N4CCC(F)(F)CC4)cnc32)cn1. The van der Waals surface area contributed by atoms with Gasteiger partial charge >= 0.3 is 0 Å². The Kier molecular flexibility index (Phi) is 4.03. The lowest BCUT2D eigenvalue weighted by atomic mass is 10.1. The highest BCUT2D eigenvalue weighted by atomic mass is 19.3. The van der Waals surface area contributed by atoms with Crippen LogP contribution >= 0.6 is 0 Å². The molecule has 0 spiro atoms. The molecule has 7 nitrogen and oxygen atoms in total. The van der Waals surface area contributed by atoms with E-state index >= 15 is 0 Å². The Bertz CT molecular complexity index is 1040. The summed E-state index contributed by atoms with van der Waals surface area (Å²) >= 11 is 0. The van der Waals surface area contributed by atoms with Crippen molar-refractivity contribution in [2.45, 2.75) is 18.8 Å². The summed E-state index contributed by atoms with van der Waals surface area (Å²) in [5, 5.41) is 9.51. The van der Waals surface area contributed by atoms with Crippen LogP contribution in [0.4, 0.5) is 8.78 Å². The largest absolute Gasteiger partial charge is 0.338 e. The van der Waals surface area contributed by atoms with Crippen LogP contribution in [0.2, 0.25) is 0 Å². The minimum absolute atomic E-state index is 0.0352. The van der Waals surface area contributed by atoms with Crippen molar-refractivity contribution >= 4 is 16.9 Å². The van der Waals surface area contributed by atoms with E-state index in [1.807, 2.05) is 6.07 Å². The van der Waals surface area contributed by atoms with Crippen LogP contribution in [-0.2, 0) is 0 Å². The molecule has 27 heavy (non-hydrogen) atoms. The molecule has 3 aromatic rings. The van der Waals surface area contributed by atoms with Gasteiger partial charge in [0.25, 0.3) is 11.8 Å². The lowest BCUT2D eigenvalue weighted by Crippen LogP contribution is -2.42. The number of pyridine rings is 1. The number of nitriles is 1. The van der Waals surface area contributed by atoms with E-state index in [1.165, 1.54) is 23.5 Å². The van der Waals surface area contributed by atoms with E-state index < -0.39 is 5.92 Å². The van der Waals surface area contributed by atoms with Gasteiger partial charge in [-0.25, -0.2) is 23.7 Å². The van der Waals surface area contributed by atoms with Crippen molar-refractivity contribution in [1.82, 2.24) is 24.4 Å². The first-order valence-electron chi connectivity index (χ1n) is 8.34. The summed E-state index contributed by atoms with van der Waals surface area (Å²) in [6, 6.07) is 5.34. The van der Waals surface area contributed by atoms with Crippen LogP contribution in [-0.4, -0.2) is 49.3 Å². The Hall–Kier alpha value is -3.41. The van der Waals surface area contributed by atoms with Crippen LogP contribution in [0, 0.1) is 11.3 Å². The molecular formula is C18H14F2N6O. The van der Waals surface area contributed by atoms with E-state index in [1.54, 1.807) is 22.9 Å². The normalized spacial score (nSPS) is 16.3. The van der Waals surface area contributed by atoms with Crippen LogP contribution in [0.1, 0.15) is 29.0 Å². The Morgan fingerprint density at radius 1 is 1.15 bits per heavy atom. The van der Waals surface area contributed by atoms with E-state index in [2.05, 4.69) is 15.0 Å². The maximum absolute atomic E-state index is 13.3. The third kappa shape index (κ3) is 3.21. The number of carbonyl (C=O) groups excluding carboxylic acids is 1. The minimum atomic E-state index is -2.70. The Balaban J connectivity index is 1.60. The van der Waals surface area contributed by atoms with Gasteiger partial charge in [-0.15, -0.1) is 0 Å². The highest BCUT2D eigenvalue weighted by Gasteiger charge is 2.35. The number of hydrogen-bond acceptors (Lipinski definition) is 5. The number of rotatable bonds is 2. The molecule has 0 aliphatic carbocycles. The van der Waals surface area contributed by atoms with Gasteiger partial charge in [-0.05, 0) is 12.1 Å². The zero-order chi connectivity index (χ0) is 19.0. The zero-order valence-electron chi connectivity index (χ0n) is 14.1. The molecule has 0 unspecified atom stereocenters. The average Bonchev–Trinajstić information content (AvgIpc) is 3.10. The van der Waals surface area contributed by atoms with E-state index in [-0.39, 0.29) is 37.7 Å². The number of likely N-dealkylation sites (tertiary alicyclic amines) is 1. The number of halogens is 2. The summed E-state index contributed by atoms with van der Waals surface area (Å²) < 4.78 is 28.3. The van der Waals surface area contributed by atoms with Crippen molar-refractivity contribution in [1.29, 1.82) is 5.26 Å². The number of piperidine rings is 1. The van der Waals surface area contributed by atoms with Crippen molar-refractivity contribution in [2.24, 2.45) is 0 Å². The molecule has 0 radical (unpaired) electrons. The molecule has 0 bridgehead atoms. The van der Waals surface area contributed by atoms with E-state index in [4.69, 9.17) is 5.26 Å². The molecule has 0 atom stereocenters. The second-order valence-electron chi connectivity index (χ2n) is 6.35. The summed E-state index contributed by atoms with van der Waals surface area (Å²) in [5.41, 5.74) is 1.60. The molecule has 4 heterocycles. The number of fused-ring (bicyclic) bond motifs is 1. The summed E-state index contributed by atoms with van der Waals surface area (Å²) in [4.78, 5) is 26.2. The highest BCUT2D eigenvalue weighted by Crippen LogP contribution is 2.28. The monoisotopic (exact) mass is 368 g/mol. The number of hydrogen-bond donors (Lipinski definition) is 0. The standard InChI is InChI=1S/C18H14F2N6O/c19-18(20)2-5-25(6-3-18)17(27)13-7-12-1-4-26(16(12)24-9-13)14-10-22-15(8-21)23-11-14/h1,4,7,9-11H,2-3,5-6H2. The van der Waals surface area contributed by atoms with Gasteiger partial charge in [0.1, 0.15) is 11.7 Å². The smallest absolute Gasteiger partial charge is 0.255 e. The predicted octanol–water partition coefficient (Wildman–Crippen LogP) is 2.56. The number of nitrogens with zero attached hydrogens (tertiary/aromatic N) is 6. The van der Waals surface area contributed by atoms with Gasteiger partial charge in [-0.3, -0.25) is 9.36 Å². The fourth-order valence-corrected chi connectivity index (χ4v) is 3.07. The lowest BCUT2D eigenvalue weighted by molar-refractivity contribution is -0.0494. The number of amides is 1. The van der Waals surface area contributed by atoms with Gasteiger partial charge < -0.3 is 4.90 Å². The van der Waals surface area contributed by atoms with E-state index in [0.29, 0.717) is 16.9 Å². The first kappa shape index (κ1) is 17.0. The second-order valence-corrected chi connectivity index (χ2v) is 6.35. The second kappa shape index (κ2) is 6.39. The molecule has 136 valence electrons. The quantitative estimate of drug-likeness (QED) is 0.694. The molecule has 0 N–H and O–H groups in total. The first-order chi connectivity index (χ1) is 13.0. The number of aromatic nitrogens is 4. The van der Waals surface area contributed by atoms with Crippen LogP contribution < -0.4 is 0 Å². The summed E-state index contributed by atoms with van der Waals surface area (Å²) in [6.07, 6.45) is 5.60. The van der Waals surface area contributed by atoms with Crippen LogP contribution in [0.5, 0.6) is 0 Å². The highest BCUT2D eigenvalue weighted by molar-refractivity contribution is 5.97. The maximum atomic E-state index is 13.3. The molecule has 1 aliphatic rings. The van der Waals surface area contributed by atoms with Crippen molar-refractivity contribution in [3.05, 3.63) is 48.3 Å². The van der Waals surface area contributed by atoms with Gasteiger partial charge in [0.2, 0.25) is 5.82 Å². The molecule has 4 rings (SSSR count). The maximum Gasteiger partial charge on any atom is 0.255 e. The van der Waals surface area contributed by atoms with Crippen molar-refractivity contribution in [2.75, 3.05) is 13.1 Å². The van der Waals surface area contributed by atoms with Crippen LogP contribution in [0.3, 0.4) is 0 Å². The third-order valence-electron chi connectivity index (χ3n) is 4.57. The molecule has 0 saturated carbocycles. The van der Waals surface area contributed by atoms with E-state index in [9.17, 15) is 13.6 Å². The molecule has 1 amide bonds. The lowest BCUT2D eigenvalue weighted by Gasteiger charge is -2.31. The molecule has 1 fully saturated rings. The Morgan fingerprint density at radius 2 is 1.85 bits per heavy atom.